The molecule has 1 heterocycles. The lowest BCUT2D eigenvalue weighted by atomic mass is 10.3. The lowest BCUT2D eigenvalue weighted by Crippen LogP contribution is -2.41. The Morgan fingerprint density at radius 3 is 2.79 bits per heavy atom. The SMILES string of the molecule is CCNC(=NCCCc1nc(C)no1)NCCN(C)CCCOC. The van der Waals surface area contributed by atoms with Crippen molar-refractivity contribution in [2.45, 2.75) is 33.1 Å². The fourth-order valence-electron chi connectivity index (χ4n) is 2.16. The average molecular weight is 340 g/mol. The van der Waals surface area contributed by atoms with Gasteiger partial charge in [-0.15, -0.1) is 0 Å². The fraction of sp³-hybridized carbons (Fsp3) is 0.812. The smallest absolute Gasteiger partial charge is 0.226 e. The van der Waals surface area contributed by atoms with Crippen molar-refractivity contribution in [2.24, 2.45) is 4.99 Å². The molecule has 0 atom stereocenters. The first-order chi connectivity index (χ1) is 11.7. The normalized spacial score (nSPS) is 12.0. The van der Waals surface area contributed by atoms with E-state index >= 15 is 0 Å². The molecule has 8 heteroatoms. The van der Waals surface area contributed by atoms with Crippen LogP contribution in [-0.2, 0) is 11.2 Å². The van der Waals surface area contributed by atoms with E-state index in [2.05, 4.69) is 44.6 Å². The van der Waals surface area contributed by atoms with Gasteiger partial charge in [0.1, 0.15) is 0 Å². The Balaban J connectivity index is 2.21. The summed E-state index contributed by atoms with van der Waals surface area (Å²) in [6.45, 7) is 9.13. The van der Waals surface area contributed by atoms with Gasteiger partial charge in [-0.1, -0.05) is 5.16 Å². The maximum absolute atomic E-state index is 5.10. The molecule has 0 radical (unpaired) electrons. The fourth-order valence-corrected chi connectivity index (χ4v) is 2.16. The maximum atomic E-state index is 5.10. The van der Waals surface area contributed by atoms with Gasteiger partial charge in [0.15, 0.2) is 11.8 Å². The molecule has 2 N–H and O–H groups in total. The highest BCUT2D eigenvalue weighted by Gasteiger charge is 2.03. The molecule has 0 aliphatic carbocycles. The van der Waals surface area contributed by atoms with Gasteiger partial charge in [-0.05, 0) is 33.7 Å². The van der Waals surface area contributed by atoms with Crippen LogP contribution >= 0.6 is 0 Å². The Bertz CT molecular complexity index is 463. The van der Waals surface area contributed by atoms with Gasteiger partial charge in [-0.3, -0.25) is 4.99 Å². The van der Waals surface area contributed by atoms with E-state index in [-0.39, 0.29) is 0 Å². The summed E-state index contributed by atoms with van der Waals surface area (Å²) in [5, 5.41) is 10.4. The molecule has 0 fully saturated rings. The van der Waals surface area contributed by atoms with Crippen LogP contribution in [0, 0.1) is 6.92 Å². The first kappa shape index (κ1) is 20.4. The molecule has 0 unspecified atom stereocenters. The van der Waals surface area contributed by atoms with Crippen LogP contribution in [0.4, 0.5) is 0 Å². The molecule has 0 spiro atoms. The van der Waals surface area contributed by atoms with Gasteiger partial charge in [-0.2, -0.15) is 4.98 Å². The topological polar surface area (TPSA) is 87.8 Å². The number of hydrogen-bond acceptors (Lipinski definition) is 6. The zero-order valence-corrected chi connectivity index (χ0v) is 15.5. The van der Waals surface area contributed by atoms with Gasteiger partial charge in [0, 0.05) is 52.9 Å². The second-order valence-electron chi connectivity index (χ2n) is 5.68. The van der Waals surface area contributed by atoms with E-state index in [1.807, 2.05) is 6.92 Å². The predicted octanol–water partition coefficient (Wildman–Crippen LogP) is 0.834. The summed E-state index contributed by atoms with van der Waals surface area (Å²) in [6, 6.07) is 0. The highest BCUT2D eigenvalue weighted by Crippen LogP contribution is 1.99. The minimum Gasteiger partial charge on any atom is -0.385 e. The zero-order chi connectivity index (χ0) is 17.6. The Labute approximate surface area is 145 Å². The Morgan fingerprint density at radius 1 is 1.29 bits per heavy atom. The summed E-state index contributed by atoms with van der Waals surface area (Å²) in [6.07, 6.45) is 2.69. The van der Waals surface area contributed by atoms with Gasteiger partial charge in [0.2, 0.25) is 5.89 Å². The van der Waals surface area contributed by atoms with E-state index in [4.69, 9.17) is 9.26 Å². The van der Waals surface area contributed by atoms with E-state index in [1.165, 1.54) is 0 Å². The van der Waals surface area contributed by atoms with Crippen LogP contribution in [0.25, 0.3) is 0 Å². The van der Waals surface area contributed by atoms with Gasteiger partial charge in [-0.25, -0.2) is 0 Å². The lowest BCUT2D eigenvalue weighted by molar-refractivity contribution is 0.180. The standard InChI is InChI=1S/C16H32N6O2/c1-5-17-16(19-10-12-22(3)11-7-13-23-4)18-9-6-8-15-20-14(2)21-24-15/h5-13H2,1-4H3,(H2,17,18,19). The second kappa shape index (κ2) is 12.7. The molecular formula is C16H32N6O2. The van der Waals surface area contributed by atoms with Crippen LogP contribution in [-0.4, -0.2) is 74.5 Å². The summed E-state index contributed by atoms with van der Waals surface area (Å²) in [5.41, 5.74) is 0. The zero-order valence-electron chi connectivity index (χ0n) is 15.5. The van der Waals surface area contributed by atoms with Crippen molar-refractivity contribution in [3.8, 4) is 0 Å². The number of ether oxygens (including phenoxy) is 1. The molecule has 8 nitrogen and oxygen atoms in total. The van der Waals surface area contributed by atoms with Gasteiger partial charge >= 0.3 is 0 Å². The quantitative estimate of drug-likeness (QED) is 0.331. The third-order valence-electron chi connectivity index (χ3n) is 3.41. The van der Waals surface area contributed by atoms with E-state index in [1.54, 1.807) is 7.11 Å². The minimum atomic E-state index is 0.679. The van der Waals surface area contributed by atoms with Crippen molar-refractivity contribution in [1.29, 1.82) is 0 Å². The molecule has 0 amide bonds. The number of guanidine groups is 1. The molecule has 0 aliphatic heterocycles. The third-order valence-corrected chi connectivity index (χ3v) is 3.41. The van der Waals surface area contributed by atoms with Crippen LogP contribution < -0.4 is 10.6 Å². The third kappa shape index (κ3) is 9.46. The number of hydrogen-bond donors (Lipinski definition) is 2. The molecule has 0 saturated heterocycles. The van der Waals surface area contributed by atoms with E-state index < -0.39 is 0 Å². The minimum absolute atomic E-state index is 0.679. The average Bonchev–Trinajstić information content (AvgIpc) is 2.97. The molecule has 0 aliphatic rings. The number of aryl methyl sites for hydroxylation is 2. The molecule has 24 heavy (non-hydrogen) atoms. The van der Waals surface area contributed by atoms with E-state index in [9.17, 15) is 0 Å². The van der Waals surface area contributed by atoms with E-state index in [0.717, 1.165) is 64.6 Å². The first-order valence-electron chi connectivity index (χ1n) is 8.64. The number of aliphatic imine (C=N–C) groups is 1. The number of rotatable bonds is 12. The monoisotopic (exact) mass is 340 g/mol. The van der Waals surface area contributed by atoms with Gasteiger partial charge < -0.3 is 24.8 Å². The number of methoxy groups -OCH3 is 1. The highest BCUT2D eigenvalue weighted by atomic mass is 16.5. The second-order valence-corrected chi connectivity index (χ2v) is 5.68. The van der Waals surface area contributed by atoms with Crippen LogP contribution in [0.2, 0.25) is 0 Å². The van der Waals surface area contributed by atoms with Crippen LogP contribution in [0.1, 0.15) is 31.5 Å². The molecule has 1 rings (SSSR count). The predicted molar refractivity (Wildman–Crippen MR) is 95.3 cm³/mol. The van der Waals surface area contributed by atoms with Crippen molar-refractivity contribution in [1.82, 2.24) is 25.7 Å². The van der Waals surface area contributed by atoms with Gasteiger partial charge in [0.25, 0.3) is 0 Å². The number of likely N-dealkylation sites (N-methyl/N-ethyl adjacent to an activating group) is 1. The first-order valence-corrected chi connectivity index (χ1v) is 8.64. The van der Waals surface area contributed by atoms with Crippen LogP contribution in [0.15, 0.2) is 9.52 Å². The Kier molecular flexibility index (Phi) is 10.8. The molecule has 138 valence electrons. The Morgan fingerprint density at radius 2 is 2.12 bits per heavy atom. The molecule has 0 saturated carbocycles. The highest BCUT2D eigenvalue weighted by molar-refractivity contribution is 5.79. The van der Waals surface area contributed by atoms with Crippen molar-refractivity contribution in [2.75, 3.05) is 53.5 Å². The maximum Gasteiger partial charge on any atom is 0.226 e. The molecule has 0 bridgehead atoms. The Hall–Kier alpha value is -1.67. The molecule has 1 aromatic heterocycles. The van der Waals surface area contributed by atoms with E-state index in [0.29, 0.717) is 11.7 Å². The van der Waals surface area contributed by atoms with Crippen molar-refractivity contribution >= 4 is 5.96 Å². The molecule has 0 aromatic carbocycles. The molecular weight excluding hydrogens is 308 g/mol. The summed E-state index contributed by atoms with van der Waals surface area (Å²) in [5.74, 6) is 2.21. The van der Waals surface area contributed by atoms with Crippen LogP contribution in [0.5, 0.6) is 0 Å². The number of nitrogens with zero attached hydrogens (tertiary/aromatic N) is 4. The van der Waals surface area contributed by atoms with Crippen molar-refractivity contribution in [3.63, 3.8) is 0 Å². The van der Waals surface area contributed by atoms with Crippen LogP contribution in [0.3, 0.4) is 0 Å². The molecule has 1 aromatic rings. The lowest BCUT2D eigenvalue weighted by Gasteiger charge is -2.18. The van der Waals surface area contributed by atoms with Crippen molar-refractivity contribution in [3.05, 3.63) is 11.7 Å². The summed E-state index contributed by atoms with van der Waals surface area (Å²) >= 11 is 0. The van der Waals surface area contributed by atoms with Crippen molar-refractivity contribution < 1.29 is 9.26 Å². The summed E-state index contributed by atoms with van der Waals surface area (Å²) < 4.78 is 10.2. The summed E-state index contributed by atoms with van der Waals surface area (Å²) in [7, 11) is 3.86. The summed E-state index contributed by atoms with van der Waals surface area (Å²) in [4.78, 5) is 11.1. The number of nitrogens with one attached hydrogen (secondary N) is 2. The largest absolute Gasteiger partial charge is 0.385 e. The number of aromatic nitrogens is 2. The van der Waals surface area contributed by atoms with Gasteiger partial charge in [0.05, 0.1) is 0 Å².